The smallest absolute Gasteiger partial charge is 0.338 e. The fourth-order valence-electron chi connectivity index (χ4n) is 15.2. The quantitative estimate of drug-likeness (QED) is 0.0283. The Hall–Kier alpha value is -8.50. The summed E-state index contributed by atoms with van der Waals surface area (Å²) in [5, 5.41) is 18.4. The third kappa shape index (κ3) is 19.6. The van der Waals surface area contributed by atoms with E-state index in [0.717, 1.165) is 13.1 Å². The molecule has 12 heterocycles. The summed E-state index contributed by atoms with van der Waals surface area (Å²) in [5.41, 5.74) is 3.76. The summed E-state index contributed by atoms with van der Waals surface area (Å²) in [5.74, 6) is -1.94. The summed E-state index contributed by atoms with van der Waals surface area (Å²) in [6.07, 6.45) is 8.57. The number of urea groups is 3. The fraction of sp³-hybridized carbons (Fsp3) is 0.463. The highest BCUT2D eigenvalue weighted by molar-refractivity contribution is 9.09. The average Bonchev–Trinajstić information content (AvgIpc) is 0.836. The first-order chi connectivity index (χ1) is 55.3. The van der Waals surface area contributed by atoms with Crippen molar-refractivity contribution in [1.29, 1.82) is 0 Å². The molecule has 6 saturated heterocycles. The molecule has 3 aromatic carbocycles. The van der Waals surface area contributed by atoms with Gasteiger partial charge < -0.3 is 67.0 Å². The zero-order valence-electron chi connectivity index (χ0n) is 66.0. The van der Waals surface area contributed by atoms with Crippen LogP contribution in [0.3, 0.4) is 0 Å². The lowest BCUT2D eigenvalue weighted by molar-refractivity contribution is -0.139. The highest BCUT2D eigenvalue weighted by atomic mass is 79.9. The number of ether oxygens (including phenoxy) is 3. The van der Waals surface area contributed by atoms with Crippen LogP contribution >= 0.6 is 85.2 Å². The van der Waals surface area contributed by atoms with Gasteiger partial charge in [-0.3, -0.25) is 24.8 Å². The number of amides is 6. The highest BCUT2D eigenvalue weighted by Crippen LogP contribution is 2.42. The number of carbonyl (C=O) groups excluding carboxylic acids is 6. The number of hydrogen-bond donors (Lipinski definition) is 3. The second kappa shape index (κ2) is 39.8. The van der Waals surface area contributed by atoms with Gasteiger partial charge in [0.1, 0.15) is 35.6 Å². The molecule has 6 amide bonds. The van der Waals surface area contributed by atoms with Crippen LogP contribution in [0.15, 0.2) is 138 Å². The normalized spacial score (nSPS) is 21.9. The Kier molecular flexibility index (Phi) is 30.3. The third-order valence-electron chi connectivity index (χ3n) is 20.8. The minimum Gasteiger partial charge on any atom is -0.463 e. The van der Waals surface area contributed by atoms with Crippen LogP contribution in [0.1, 0.15) is 126 Å². The summed E-state index contributed by atoms with van der Waals surface area (Å²) in [7, 11) is 0. The number of piperazine rings is 2. The van der Waals surface area contributed by atoms with Crippen molar-refractivity contribution in [3.63, 3.8) is 0 Å². The van der Waals surface area contributed by atoms with Gasteiger partial charge in [0.05, 0.1) is 69.7 Å². The summed E-state index contributed by atoms with van der Waals surface area (Å²) in [4.78, 5) is 120. The van der Waals surface area contributed by atoms with Crippen molar-refractivity contribution in [3.8, 4) is 0 Å². The molecule has 26 nitrogen and oxygen atoms in total. The van der Waals surface area contributed by atoms with Crippen LogP contribution in [0, 0.1) is 30.3 Å². The summed E-state index contributed by atoms with van der Waals surface area (Å²) >= 11 is 26.4. The molecule has 620 valence electrons. The topological polar surface area (TPSA) is 267 Å². The summed E-state index contributed by atoms with van der Waals surface area (Å²) in [6, 6.07) is 12.5. The van der Waals surface area contributed by atoms with Crippen LogP contribution in [-0.2, 0) is 28.6 Å². The number of nitrogens with one attached hydrogen (secondary N) is 3. The Morgan fingerprint density at radius 3 is 1.28 bits per heavy atom. The van der Waals surface area contributed by atoms with Crippen LogP contribution in [0.5, 0.6) is 0 Å². The molecular weight excluding hydrogens is 1680 g/mol. The Bertz CT molecular complexity index is 4720. The number of piperidine rings is 1. The van der Waals surface area contributed by atoms with E-state index in [1.54, 1.807) is 69.7 Å². The van der Waals surface area contributed by atoms with E-state index in [9.17, 15) is 41.9 Å². The molecule has 0 aliphatic carbocycles. The number of carbonyl (C=O) groups is 6. The van der Waals surface area contributed by atoms with Crippen LogP contribution < -0.4 is 16.0 Å². The number of aromatic nitrogens is 2. The van der Waals surface area contributed by atoms with E-state index in [1.165, 1.54) is 78.0 Å². The standard InChI is InChI=1S/C26H30ClFN6O3S.C26H28ClFN6O3S.C17H14BrClFN3O2S.C10H18N2O.CH3/c2*1-4-37-25(35)20-19(14-32-9-10-33-16(12-32)13-34(15(2)3)26(33)36)30-23(24-29-8-11-38-24)31-22(20)17-6-5-7-18(28)21(17)27;1-2-25-17(24)12-11(8-18)22-15(16-21-6-7-26-16)23-14(12)9-4-3-5-10(20)13(9)19;1-8(2)12-7-9-5-3-4-6-11(9)10(12)13;/h5-8,11,15-16,22H,4,9-10,12-14H2,1-3H3,(H,30,31);5-8,15-16,22H,4,9-10,12-14H2,1-3H3;3-7,14H,2,8H2,1H3,(H,22,23);8-9H,3-7H2,1-2H3;1H3/q;;;;-1/p+1/t16-,22-;16-,22+;14-;;/m010../s1. The van der Waals surface area contributed by atoms with Gasteiger partial charge in [-0.25, -0.2) is 51.9 Å². The first-order valence-corrected chi connectivity index (χ1v) is 43.1. The van der Waals surface area contributed by atoms with Crippen molar-refractivity contribution in [1.82, 2.24) is 65.1 Å². The van der Waals surface area contributed by atoms with E-state index >= 15 is 0 Å². The van der Waals surface area contributed by atoms with E-state index in [0.29, 0.717) is 149 Å². The van der Waals surface area contributed by atoms with E-state index in [4.69, 9.17) is 59.0 Å². The maximum Gasteiger partial charge on any atom is 0.338 e. The number of aliphatic imine (C=N–C) groups is 4. The first kappa shape index (κ1) is 88.3. The number of nitrogens with zero attached hydrogens (tertiary/aromatic N) is 14. The van der Waals surface area contributed by atoms with Gasteiger partial charge in [0.2, 0.25) is 16.8 Å². The van der Waals surface area contributed by atoms with Crippen molar-refractivity contribution in [2.24, 2.45) is 20.0 Å². The molecule has 1 unspecified atom stereocenters. The number of hydrogen-bond acceptors (Lipinski definition) is 23. The number of alkyl halides is 1. The molecule has 6 atom stereocenters. The van der Waals surface area contributed by atoms with Crippen LogP contribution in [0.25, 0.3) is 0 Å². The number of esters is 3. The second-order valence-corrected chi connectivity index (χ2v) is 33.3. The zero-order chi connectivity index (χ0) is 82.1. The molecule has 116 heavy (non-hydrogen) atoms. The Labute approximate surface area is 709 Å². The number of allylic oxidation sites excluding steroid dienone is 1. The maximum absolute atomic E-state index is 14.5. The monoisotopic (exact) mass is 1770 g/mol. The average molecular weight is 1780 g/mol. The number of thioether (sulfide) groups is 1. The fourth-order valence-corrected chi connectivity index (χ4v) is 18.0. The van der Waals surface area contributed by atoms with Gasteiger partial charge in [0.15, 0.2) is 27.5 Å². The van der Waals surface area contributed by atoms with Crippen molar-refractivity contribution in [2.45, 2.75) is 136 Å². The van der Waals surface area contributed by atoms with Gasteiger partial charge in [0, 0.05) is 159 Å². The summed E-state index contributed by atoms with van der Waals surface area (Å²) in [6.45, 7) is 25.8. The molecular formula is C80H94BrCl3F3N17O9S3. The third-order valence-corrected chi connectivity index (χ3v) is 24.8. The van der Waals surface area contributed by atoms with Gasteiger partial charge in [0.25, 0.3) is 6.20 Å². The molecule has 15 rings (SSSR count). The molecule has 0 bridgehead atoms. The number of thiazole rings is 2. The van der Waals surface area contributed by atoms with Gasteiger partial charge in [-0.15, -0.1) is 22.7 Å². The predicted molar refractivity (Wildman–Crippen MR) is 451 cm³/mol. The minimum atomic E-state index is -0.891. The summed E-state index contributed by atoms with van der Waals surface area (Å²) < 4.78 is 59.1. The van der Waals surface area contributed by atoms with Crippen molar-refractivity contribution >= 4 is 144 Å². The van der Waals surface area contributed by atoms with E-state index < -0.39 is 53.5 Å². The van der Waals surface area contributed by atoms with Gasteiger partial charge in [-0.2, -0.15) is 4.99 Å². The number of benzene rings is 3. The SMILES string of the molecule is CC(C)N1CC2CCCCN2C1=O.CCOC(=O)C1=C(CBr)NC(c2nccs2)=N[C@H]1c1cccc(F)c1Cl.CCOC(=O)C1=C(CN2CCN3C(=O)N(C(C)C)C[C@@H]3C2)NC(c2nccs2)=N[C@H]1c1cccc(F)c1Cl.CCOC(=O)C1=C(CN2CCN3C(=O)N(C(C)C)C[C@H]3C2)NC(C2=NC=[C+]S2)=N[C@H]1c1cccc(F)c1Cl.[CH3-]. The Morgan fingerprint density at radius 2 is 0.914 bits per heavy atom. The largest absolute Gasteiger partial charge is 0.463 e. The van der Waals surface area contributed by atoms with Crippen molar-refractivity contribution < 1.29 is 56.1 Å². The maximum atomic E-state index is 14.5. The lowest BCUT2D eigenvalue weighted by atomic mass is 9.95. The number of fused-ring (bicyclic) bond motifs is 3. The van der Waals surface area contributed by atoms with E-state index in [-0.39, 0.29) is 101 Å². The van der Waals surface area contributed by atoms with Gasteiger partial charge in [-0.1, -0.05) is 87.1 Å². The van der Waals surface area contributed by atoms with Crippen LogP contribution in [0.4, 0.5) is 27.6 Å². The molecule has 0 saturated carbocycles. The molecule has 0 spiro atoms. The lowest BCUT2D eigenvalue weighted by Crippen LogP contribution is -2.53. The molecule has 6 fully saturated rings. The lowest BCUT2D eigenvalue weighted by Gasteiger charge is -2.38. The molecule has 2 aromatic heterocycles. The molecule has 10 aliphatic rings. The van der Waals surface area contributed by atoms with Crippen molar-refractivity contribution in [2.75, 3.05) is 104 Å². The molecule has 0 radical (unpaired) electrons. The van der Waals surface area contributed by atoms with E-state index in [1.807, 2.05) is 63.0 Å². The van der Waals surface area contributed by atoms with Gasteiger partial charge in [-0.05, 0) is 99.8 Å². The van der Waals surface area contributed by atoms with Crippen LogP contribution in [0.2, 0.25) is 15.1 Å². The first-order valence-electron chi connectivity index (χ1n) is 38.2. The number of amidine groups is 3. The zero-order valence-corrected chi connectivity index (χ0v) is 72.3. The number of halogens is 7. The Morgan fingerprint density at radius 1 is 0.534 bits per heavy atom. The molecule has 3 N–H and O–H groups in total. The molecule has 5 aromatic rings. The molecule has 36 heteroatoms. The molecule has 10 aliphatic heterocycles. The minimum absolute atomic E-state index is 0. The second-order valence-electron chi connectivity index (χ2n) is 29.0. The van der Waals surface area contributed by atoms with Crippen LogP contribution in [-0.4, -0.2) is 248 Å². The number of rotatable bonds is 20. The van der Waals surface area contributed by atoms with Crippen molar-refractivity contribution in [3.05, 3.63) is 190 Å². The van der Waals surface area contributed by atoms with Gasteiger partial charge >= 0.3 is 41.4 Å². The highest BCUT2D eigenvalue weighted by Gasteiger charge is 2.47. The predicted octanol–water partition coefficient (Wildman–Crippen LogP) is 13.6. The van der Waals surface area contributed by atoms with E-state index in [2.05, 4.69) is 85.8 Å². The Balaban J connectivity index is 0.000000160.